The molecule has 1 fully saturated rings. The Bertz CT molecular complexity index is 391. The molecule has 0 atom stereocenters. The first-order chi connectivity index (χ1) is 8.25. The largest absolute Gasteiger partial charge is 0.308 e. The third-order valence-electron chi connectivity index (χ3n) is 2.92. The molecule has 1 amide bonds. The zero-order valence-electron chi connectivity index (χ0n) is 9.58. The van der Waals surface area contributed by atoms with Gasteiger partial charge in [-0.15, -0.1) is 0 Å². The van der Waals surface area contributed by atoms with Gasteiger partial charge in [-0.25, -0.2) is 4.98 Å². The van der Waals surface area contributed by atoms with E-state index >= 15 is 0 Å². The summed E-state index contributed by atoms with van der Waals surface area (Å²) < 4.78 is 0. The fraction of sp³-hybridized carbons (Fsp3) is 0.500. The lowest BCUT2D eigenvalue weighted by Crippen LogP contribution is -2.34. The maximum Gasteiger partial charge on any atom is 0.239 e. The van der Waals surface area contributed by atoms with Gasteiger partial charge in [0.1, 0.15) is 0 Å². The van der Waals surface area contributed by atoms with Crippen molar-refractivity contribution in [1.82, 2.24) is 10.3 Å². The summed E-state index contributed by atoms with van der Waals surface area (Å²) in [5.74, 6) is 0.324. The molecule has 0 aromatic carbocycles. The Morgan fingerprint density at radius 2 is 2.24 bits per heavy atom. The molecule has 2 N–H and O–H groups in total. The highest BCUT2D eigenvalue weighted by atomic mass is 35.5. The van der Waals surface area contributed by atoms with Gasteiger partial charge < -0.3 is 10.6 Å². The van der Waals surface area contributed by atoms with Gasteiger partial charge in [-0.1, -0.05) is 24.4 Å². The van der Waals surface area contributed by atoms with Crippen molar-refractivity contribution in [2.75, 3.05) is 11.9 Å². The number of aromatic nitrogens is 1. The second-order valence-electron chi connectivity index (χ2n) is 4.24. The van der Waals surface area contributed by atoms with Crippen molar-refractivity contribution in [3.05, 3.63) is 23.4 Å². The molecule has 1 aliphatic carbocycles. The van der Waals surface area contributed by atoms with Crippen LogP contribution in [0.4, 0.5) is 5.82 Å². The van der Waals surface area contributed by atoms with Crippen LogP contribution in [0.2, 0.25) is 5.02 Å². The molecule has 1 aliphatic rings. The molecule has 0 aliphatic heterocycles. The van der Waals surface area contributed by atoms with E-state index in [1.54, 1.807) is 18.3 Å². The van der Waals surface area contributed by atoms with E-state index in [0.29, 0.717) is 23.4 Å². The van der Waals surface area contributed by atoms with E-state index in [0.717, 1.165) is 12.8 Å². The third kappa shape index (κ3) is 3.68. The first-order valence-corrected chi connectivity index (χ1v) is 6.27. The van der Waals surface area contributed by atoms with E-state index in [-0.39, 0.29) is 5.91 Å². The van der Waals surface area contributed by atoms with E-state index in [4.69, 9.17) is 11.6 Å². The summed E-state index contributed by atoms with van der Waals surface area (Å²) in [6.07, 6.45) is 6.44. The molecule has 92 valence electrons. The molecule has 0 spiro atoms. The van der Waals surface area contributed by atoms with E-state index in [2.05, 4.69) is 15.6 Å². The van der Waals surface area contributed by atoms with E-state index < -0.39 is 0 Å². The standard InChI is InChI=1S/C12H16ClN3O/c13-10-6-3-7-14-12(10)16-11(17)8-15-9-4-1-2-5-9/h3,6-7,9,15H,1-2,4-5,8H2,(H,14,16,17). The van der Waals surface area contributed by atoms with Crippen molar-refractivity contribution >= 4 is 23.3 Å². The SMILES string of the molecule is O=C(CNC1CCCC1)Nc1ncccc1Cl. The van der Waals surface area contributed by atoms with E-state index in [9.17, 15) is 4.79 Å². The molecule has 0 unspecified atom stereocenters. The lowest BCUT2D eigenvalue weighted by molar-refractivity contribution is -0.115. The fourth-order valence-electron chi connectivity index (χ4n) is 2.02. The number of rotatable bonds is 4. The van der Waals surface area contributed by atoms with Gasteiger partial charge in [0.2, 0.25) is 5.91 Å². The smallest absolute Gasteiger partial charge is 0.239 e. The highest BCUT2D eigenvalue weighted by molar-refractivity contribution is 6.33. The molecule has 0 bridgehead atoms. The van der Waals surface area contributed by atoms with Crippen molar-refractivity contribution in [2.45, 2.75) is 31.7 Å². The van der Waals surface area contributed by atoms with E-state index in [1.807, 2.05) is 0 Å². The summed E-state index contributed by atoms with van der Waals surface area (Å²) >= 11 is 5.90. The van der Waals surface area contributed by atoms with Crippen molar-refractivity contribution in [1.29, 1.82) is 0 Å². The Hall–Kier alpha value is -1.13. The van der Waals surface area contributed by atoms with Crippen LogP contribution in [0.1, 0.15) is 25.7 Å². The number of nitrogens with one attached hydrogen (secondary N) is 2. The molecule has 0 radical (unpaired) electrons. The Morgan fingerprint density at radius 1 is 1.47 bits per heavy atom. The van der Waals surface area contributed by atoms with Crippen LogP contribution >= 0.6 is 11.6 Å². The first-order valence-electron chi connectivity index (χ1n) is 5.89. The van der Waals surface area contributed by atoms with Crippen LogP contribution in [0.5, 0.6) is 0 Å². The van der Waals surface area contributed by atoms with Gasteiger partial charge >= 0.3 is 0 Å². The Kier molecular flexibility index (Phi) is 4.34. The van der Waals surface area contributed by atoms with Crippen LogP contribution in [-0.4, -0.2) is 23.5 Å². The zero-order valence-corrected chi connectivity index (χ0v) is 10.3. The molecule has 1 saturated carbocycles. The summed E-state index contributed by atoms with van der Waals surface area (Å²) in [6, 6.07) is 3.92. The summed E-state index contributed by atoms with van der Waals surface area (Å²) in [4.78, 5) is 15.7. The zero-order chi connectivity index (χ0) is 12.1. The van der Waals surface area contributed by atoms with Crippen molar-refractivity contribution < 1.29 is 4.79 Å². The van der Waals surface area contributed by atoms with E-state index in [1.165, 1.54) is 12.8 Å². The number of carbonyl (C=O) groups excluding carboxylic acids is 1. The van der Waals surface area contributed by atoms with Gasteiger partial charge in [0.05, 0.1) is 11.6 Å². The summed E-state index contributed by atoms with van der Waals surface area (Å²) in [5.41, 5.74) is 0. The van der Waals surface area contributed by atoms with Crippen LogP contribution in [0.25, 0.3) is 0 Å². The van der Waals surface area contributed by atoms with Crippen molar-refractivity contribution in [3.8, 4) is 0 Å². The van der Waals surface area contributed by atoms with Gasteiger partial charge in [-0.3, -0.25) is 4.79 Å². The molecule has 1 heterocycles. The minimum atomic E-state index is -0.0995. The van der Waals surface area contributed by atoms with Gasteiger partial charge in [0.25, 0.3) is 0 Å². The topological polar surface area (TPSA) is 54.0 Å². The van der Waals surface area contributed by atoms with Crippen molar-refractivity contribution in [2.24, 2.45) is 0 Å². The maximum atomic E-state index is 11.6. The number of anilines is 1. The number of pyridine rings is 1. The Labute approximate surface area is 106 Å². The molecule has 5 heteroatoms. The van der Waals surface area contributed by atoms with Crippen LogP contribution in [0, 0.1) is 0 Å². The summed E-state index contributed by atoms with van der Waals surface area (Å²) in [7, 11) is 0. The molecular formula is C12H16ClN3O. The second-order valence-corrected chi connectivity index (χ2v) is 4.65. The average Bonchev–Trinajstić information content (AvgIpc) is 2.82. The van der Waals surface area contributed by atoms with Gasteiger partial charge in [-0.05, 0) is 25.0 Å². The average molecular weight is 254 g/mol. The number of hydrogen-bond acceptors (Lipinski definition) is 3. The van der Waals surface area contributed by atoms with Gasteiger partial charge in [0.15, 0.2) is 5.82 Å². The van der Waals surface area contributed by atoms with Crippen LogP contribution in [0.15, 0.2) is 18.3 Å². The number of carbonyl (C=O) groups is 1. The molecule has 0 saturated heterocycles. The van der Waals surface area contributed by atoms with Gasteiger partial charge in [-0.2, -0.15) is 0 Å². The Balaban J connectivity index is 1.79. The minimum absolute atomic E-state index is 0.0995. The number of amides is 1. The monoisotopic (exact) mass is 253 g/mol. The molecular weight excluding hydrogens is 238 g/mol. The molecule has 1 aromatic heterocycles. The molecule has 1 aromatic rings. The van der Waals surface area contributed by atoms with Crippen LogP contribution < -0.4 is 10.6 Å². The van der Waals surface area contributed by atoms with Crippen LogP contribution in [-0.2, 0) is 4.79 Å². The Morgan fingerprint density at radius 3 is 2.94 bits per heavy atom. The third-order valence-corrected chi connectivity index (χ3v) is 3.23. The van der Waals surface area contributed by atoms with Gasteiger partial charge in [0, 0.05) is 12.2 Å². The molecule has 4 nitrogen and oxygen atoms in total. The summed E-state index contributed by atoms with van der Waals surface area (Å²) in [5, 5.41) is 6.39. The predicted molar refractivity (Wildman–Crippen MR) is 68.1 cm³/mol. The predicted octanol–water partition coefficient (Wildman–Crippen LogP) is 2.21. The fourth-order valence-corrected chi connectivity index (χ4v) is 2.19. The molecule has 17 heavy (non-hydrogen) atoms. The number of hydrogen-bond donors (Lipinski definition) is 2. The molecule has 2 rings (SSSR count). The summed E-state index contributed by atoms with van der Waals surface area (Å²) in [6.45, 7) is 0.317. The quantitative estimate of drug-likeness (QED) is 0.865. The number of halogens is 1. The first kappa shape index (κ1) is 12.3. The normalized spacial score (nSPS) is 16.1. The maximum absolute atomic E-state index is 11.6. The van der Waals surface area contributed by atoms with Crippen LogP contribution in [0.3, 0.4) is 0 Å². The second kappa shape index (κ2) is 5.98. The highest BCUT2D eigenvalue weighted by Gasteiger charge is 2.15. The highest BCUT2D eigenvalue weighted by Crippen LogP contribution is 2.18. The number of nitrogens with zero attached hydrogens (tertiary/aromatic N) is 1. The minimum Gasteiger partial charge on any atom is -0.308 e. The lowest BCUT2D eigenvalue weighted by atomic mass is 10.2. The van der Waals surface area contributed by atoms with Crippen molar-refractivity contribution in [3.63, 3.8) is 0 Å². The lowest BCUT2D eigenvalue weighted by Gasteiger charge is -2.11.